The normalized spacial score (nSPS) is 44.1. The zero-order chi connectivity index (χ0) is 24.8. The minimum atomic E-state index is -1.91. The Hall–Kier alpha value is -2.32. The fourth-order valence-electron chi connectivity index (χ4n) is 7.45. The summed E-state index contributed by atoms with van der Waals surface area (Å²) < 4.78 is 6.08. The average molecular weight is 469 g/mol. The summed E-state index contributed by atoms with van der Waals surface area (Å²) in [5.74, 6) is -4.01. The second kappa shape index (κ2) is 7.10. The van der Waals surface area contributed by atoms with Gasteiger partial charge in [-0.25, -0.2) is 4.79 Å². The highest BCUT2D eigenvalue weighted by Crippen LogP contribution is 2.76. The van der Waals surface area contributed by atoms with Crippen molar-refractivity contribution in [3.8, 4) is 0 Å². The van der Waals surface area contributed by atoms with Crippen LogP contribution in [0.3, 0.4) is 0 Å². The van der Waals surface area contributed by atoms with Gasteiger partial charge in [0.2, 0.25) is 0 Å². The van der Waals surface area contributed by atoms with Crippen LogP contribution in [0.15, 0.2) is 53.6 Å². The van der Waals surface area contributed by atoms with Crippen LogP contribution >= 0.6 is 0 Å². The van der Waals surface area contributed by atoms with Gasteiger partial charge in [0.05, 0.1) is 23.9 Å². The second-order valence-electron chi connectivity index (χ2n) is 11.1. The van der Waals surface area contributed by atoms with Crippen LogP contribution in [-0.2, 0) is 9.53 Å². The van der Waals surface area contributed by atoms with Gasteiger partial charge >= 0.3 is 5.97 Å². The summed E-state index contributed by atoms with van der Waals surface area (Å²) in [7, 11) is 0. The Morgan fingerprint density at radius 3 is 2.41 bits per heavy atom. The molecule has 4 N–H and O–H groups in total. The lowest BCUT2D eigenvalue weighted by atomic mass is 9.59. The van der Waals surface area contributed by atoms with Crippen molar-refractivity contribution in [1.82, 2.24) is 0 Å². The van der Waals surface area contributed by atoms with Gasteiger partial charge in [0, 0.05) is 35.5 Å². The number of hydrogen-bond acceptors (Lipinski definition) is 7. The van der Waals surface area contributed by atoms with E-state index in [0.717, 1.165) is 0 Å². The van der Waals surface area contributed by atoms with Gasteiger partial charge in [0.25, 0.3) is 0 Å². The minimum Gasteiger partial charge on any atom is -0.452 e. The molecule has 0 heterocycles. The molecule has 4 aliphatic carbocycles. The Labute approximate surface area is 198 Å². The molecule has 0 aliphatic heterocycles. The van der Waals surface area contributed by atoms with E-state index in [0.29, 0.717) is 16.7 Å². The first-order valence-corrected chi connectivity index (χ1v) is 11.8. The van der Waals surface area contributed by atoms with Crippen molar-refractivity contribution >= 4 is 11.8 Å². The Kier molecular flexibility index (Phi) is 4.89. The van der Waals surface area contributed by atoms with Crippen LogP contribution in [0.2, 0.25) is 0 Å². The Morgan fingerprint density at radius 1 is 1.15 bits per heavy atom. The smallest absolute Gasteiger partial charge is 0.338 e. The molecule has 182 valence electrons. The first-order valence-electron chi connectivity index (χ1n) is 11.8. The van der Waals surface area contributed by atoms with Crippen LogP contribution in [-0.4, -0.2) is 61.7 Å². The standard InChI is InChI=1S/C27H32O7/c1-14-10-19-25(32,21(14)29)12-16(13-28)11-18-20-24(3,4)27(20,22(30)15(2)26(18,19)33)34-23(31)17-8-6-5-7-9-17/h5-11,15,18-20,22,28,30,32-33H,12-13H2,1-4H3/t15-,18+,19-,20-,22-,25-,26-,27-/m1/s1. The minimum absolute atomic E-state index is 0.105. The number of rotatable bonds is 3. The van der Waals surface area contributed by atoms with E-state index >= 15 is 0 Å². The average Bonchev–Trinajstić information content (AvgIpc) is 3.24. The van der Waals surface area contributed by atoms with Crippen molar-refractivity contribution in [2.24, 2.45) is 29.1 Å². The van der Waals surface area contributed by atoms with E-state index in [1.807, 2.05) is 13.8 Å². The van der Waals surface area contributed by atoms with Gasteiger partial charge in [0.1, 0.15) is 11.2 Å². The molecule has 0 unspecified atom stereocenters. The number of benzene rings is 1. The molecule has 0 bridgehead atoms. The van der Waals surface area contributed by atoms with Gasteiger partial charge < -0.3 is 25.2 Å². The number of carbonyl (C=O) groups is 2. The molecule has 0 spiro atoms. The lowest BCUT2D eigenvalue weighted by Crippen LogP contribution is -2.65. The third-order valence-electron chi connectivity index (χ3n) is 9.27. The van der Waals surface area contributed by atoms with Crippen molar-refractivity contribution in [1.29, 1.82) is 0 Å². The lowest BCUT2D eigenvalue weighted by molar-refractivity contribution is -0.209. The van der Waals surface area contributed by atoms with Crippen LogP contribution in [0.25, 0.3) is 0 Å². The number of aliphatic hydroxyl groups excluding tert-OH is 2. The van der Waals surface area contributed by atoms with Crippen molar-refractivity contribution in [2.75, 3.05) is 6.61 Å². The molecular formula is C27H32O7. The first-order chi connectivity index (χ1) is 15.9. The third-order valence-corrected chi connectivity index (χ3v) is 9.27. The van der Waals surface area contributed by atoms with Crippen LogP contribution < -0.4 is 0 Å². The SMILES string of the molecule is CC1=C[C@H]2[C@@]3(O)[C@H](C)[C@@H](O)[C@]4(OC(=O)c5ccccc5)[C@H]([C@@H]3C=C(CO)C[C@]2(O)C1=O)C4(C)C. The van der Waals surface area contributed by atoms with Gasteiger partial charge in [-0.3, -0.25) is 4.79 Å². The number of ketones is 1. The number of aliphatic hydroxyl groups is 4. The molecule has 1 aromatic carbocycles. The monoisotopic (exact) mass is 468 g/mol. The summed E-state index contributed by atoms with van der Waals surface area (Å²) in [6.45, 7) is 6.68. The van der Waals surface area contributed by atoms with E-state index in [9.17, 15) is 30.0 Å². The van der Waals surface area contributed by atoms with E-state index in [-0.39, 0.29) is 13.0 Å². The molecule has 2 saturated carbocycles. The van der Waals surface area contributed by atoms with Gasteiger partial charge in [-0.1, -0.05) is 51.1 Å². The number of hydrogen-bond donors (Lipinski definition) is 4. The highest BCUT2D eigenvalue weighted by atomic mass is 16.6. The summed E-state index contributed by atoms with van der Waals surface area (Å²) in [5, 5.41) is 45.5. The van der Waals surface area contributed by atoms with Crippen molar-refractivity contribution in [3.63, 3.8) is 0 Å². The van der Waals surface area contributed by atoms with Crippen molar-refractivity contribution in [3.05, 3.63) is 59.2 Å². The molecule has 5 rings (SSSR count). The van der Waals surface area contributed by atoms with Crippen LogP contribution in [0.1, 0.15) is 44.5 Å². The lowest BCUT2D eigenvalue weighted by Gasteiger charge is -2.52. The zero-order valence-corrected chi connectivity index (χ0v) is 19.9. The van der Waals surface area contributed by atoms with Gasteiger partial charge in [-0.15, -0.1) is 0 Å². The van der Waals surface area contributed by atoms with E-state index in [1.54, 1.807) is 56.3 Å². The first kappa shape index (κ1) is 23.4. The molecule has 2 fully saturated rings. The van der Waals surface area contributed by atoms with Gasteiger partial charge in [0.15, 0.2) is 5.78 Å². The topological polar surface area (TPSA) is 124 Å². The highest BCUT2D eigenvalue weighted by Gasteiger charge is 2.86. The molecule has 0 saturated heterocycles. The fourth-order valence-corrected chi connectivity index (χ4v) is 7.45. The van der Waals surface area contributed by atoms with E-state index in [4.69, 9.17) is 4.74 Å². The Morgan fingerprint density at radius 2 is 1.79 bits per heavy atom. The maximum Gasteiger partial charge on any atom is 0.338 e. The molecule has 34 heavy (non-hydrogen) atoms. The number of ether oxygens (including phenoxy) is 1. The number of carbonyl (C=O) groups excluding carboxylic acids is 2. The summed E-state index contributed by atoms with van der Waals surface area (Å²) in [5.41, 5.74) is -4.42. The second-order valence-corrected chi connectivity index (χ2v) is 11.1. The molecule has 0 radical (unpaired) electrons. The van der Waals surface area contributed by atoms with Crippen LogP contribution in [0.5, 0.6) is 0 Å². The third kappa shape index (κ3) is 2.61. The van der Waals surface area contributed by atoms with Crippen molar-refractivity contribution in [2.45, 2.75) is 57.0 Å². The van der Waals surface area contributed by atoms with Gasteiger partial charge in [-0.2, -0.15) is 0 Å². The maximum atomic E-state index is 13.1. The summed E-state index contributed by atoms with van der Waals surface area (Å²) in [4.78, 5) is 26.1. The summed E-state index contributed by atoms with van der Waals surface area (Å²) >= 11 is 0. The molecule has 7 heteroatoms. The fraction of sp³-hybridized carbons (Fsp3) is 0.556. The van der Waals surface area contributed by atoms with Crippen molar-refractivity contribution < 1.29 is 34.8 Å². The number of fused-ring (bicyclic) bond motifs is 5. The molecule has 8 atom stereocenters. The number of Topliss-reactive ketones (excluding diaryl/α,β-unsaturated/α-hetero) is 1. The molecule has 0 amide bonds. The maximum absolute atomic E-state index is 13.1. The predicted octanol–water partition coefficient (Wildman–Crippen LogP) is 1.79. The highest BCUT2D eigenvalue weighted by molar-refractivity contribution is 6.04. The van der Waals surface area contributed by atoms with Gasteiger partial charge in [-0.05, 0) is 30.2 Å². The Balaban J connectivity index is 1.64. The molecular weight excluding hydrogens is 436 g/mol. The molecule has 1 aromatic rings. The number of esters is 1. The van der Waals surface area contributed by atoms with E-state index in [1.165, 1.54) is 0 Å². The summed E-state index contributed by atoms with van der Waals surface area (Å²) in [6.07, 6.45) is 2.00. The largest absolute Gasteiger partial charge is 0.452 e. The Bertz CT molecular complexity index is 1120. The molecule has 0 aromatic heterocycles. The van der Waals surface area contributed by atoms with Crippen LogP contribution in [0, 0.1) is 29.1 Å². The molecule has 4 aliphatic rings. The van der Waals surface area contributed by atoms with Crippen LogP contribution in [0.4, 0.5) is 0 Å². The van der Waals surface area contributed by atoms with E-state index < -0.39 is 63.7 Å². The molecule has 7 nitrogen and oxygen atoms in total. The predicted molar refractivity (Wildman–Crippen MR) is 122 cm³/mol. The zero-order valence-electron chi connectivity index (χ0n) is 19.9. The summed E-state index contributed by atoms with van der Waals surface area (Å²) in [6, 6.07) is 8.55. The quantitative estimate of drug-likeness (QED) is 0.394. The van der Waals surface area contributed by atoms with E-state index in [2.05, 4.69) is 0 Å².